The van der Waals surface area contributed by atoms with E-state index in [2.05, 4.69) is 58.6 Å². The molecule has 0 aliphatic carbocycles. The van der Waals surface area contributed by atoms with Crippen LogP contribution in [-0.2, 0) is 0 Å². The fourth-order valence-corrected chi connectivity index (χ4v) is 2.94. The molecule has 0 aliphatic rings. The maximum atomic E-state index is 2.37. The predicted octanol–water partition coefficient (Wildman–Crippen LogP) is 3.53. The summed E-state index contributed by atoms with van der Waals surface area (Å²) in [6, 6.07) is 8.74. The minimum absolute atomic E-state index is 0.0376. The van der Waals surface area contributed by atoms with E-state index in [0.717, 1.165) is 0 Å². The molecule has 0 saturated carbocycles. The van der Waals surface area contributed by atoms with Crippen molar-refractivity contribution in [2.75, 3.05) is 6.66 Å². The van der Waals surface area contributed by atoms with Crippen molar-refractivity contribution in [3.63, 3.8) is 0 Å². The Hall–Kier alpha value is -0.350. The molecule has 0 saturated heterocycles. The number of aryl methyl sites for hydroxylation is 1. The summed E-state index contributed by atoms with van der Waals surface area (Å²) in [5.41, 5.74) is 1.44. The summed E-state index contributed by atoms with van der Waals surface area (Å²) < 4.78 is 0. The quantitative estimate of drug-likeness (QED) is 0.600. The Labute approximate surface area is 83.1 Å². The first-order valence-corrected chi connectivity index (χ1v) is 6.51. The first-order valence-electron chi connectivity index (χ1n) is 4.72. The van der Waals surface area contributed by atoms with Gasteiger partial charge < -0.3 is 0 Å². The van der Waals surface area contributed by atoms with Gasteiger partial charge in [0.25, 0.3) is 0 Å². The molecule has 0 radical (unpaired) electrons. The van der Waals surface area contributed by atoms with Crippen LogP contribution in [0.5, 0.6) is 0 Å². The average molecular weight is 194 g/mol. The van der Waals surface area contributed by atoms with Crippen LogP contribution >= 0.6 is 7.92 Å². The van der Waals surface area contributed by atoms with Crippen molar-refractivity contribution in [2.45, 2.75) is 32.9 Å². The molecule has 0 spiro atoms. The second kappa shape index (κ2) is 3.80. The molecule has 0 N–H and O–H groups in total. The summed E-state index contributed by atoms with van der Waals surface area (Å²) in [4.78, 5) is 0. The highest BCUT2D eigenvalue weighted by atomic mass is 31.1. The number of benzene rings is 1. The van der Waals surface area contributed by atoms with E-state index in [9.17, 15) is 0 Å². The second-order valence-corrected chi connectivity index (χ2v) is 7.46. The third-order valence-electron chi connectivity index (χ3n) is 2.48. The first kappa shape index (κ1) is 10.7. The summed E-state index contributed by atoms with van der Waals surface area (Å²) >= 11 is 0. The molecule has 0 bridgehead atoms. The second-order valence-electron chi connectivity index (χ2n) is 4.52. The molecule has 0 aliphatic heterocycles. The predicted molar refractivity (Wildman–Crippen MR) is 63.4 cm³/mol. The first-order chi connectivity index (χ1) is 5.93. The van der Waals surface area contributed by atoms with Crippen molar-refractivity contribution >= 4 is 13.2 Å². The smallest absolute Gasteiger partial charge is 0.0142 e. The summed E-state index contributed by atoms with van der Waals surface area (Å²) in [7, 11) is -0.0376. The van der Waals surface area contributed by atoms with Crippen LogP contribution in [0.15, 0.2) is 24.3 Å². The van der Waals surface area contributed by atoms with Gasteiger partial charge in [0.1, 0.15) is 0 Å². The van der Waals surface area contributed by atoms with Crippen molar-refractivity contribution in [1.29, 1.82) is 0 Å². The molecule has 13 heavy (non-hydrogen) atoms. The Balaban J connectivity index is 3.02. The van der Waals surface area contributed by atoms with Gasteiger partial charge in [0.2, 0.25) is 0 Å². The minimum Gasteiger partial charge on any atom is -0.0727 e. The normalized spacial score (nSPS) is 14.2. The molecule has 72 valence electrons. The molecule has 1 aromatic carbocycles. The van der Waals surface area contributed by atoms with Gasteiger partial charge in [-0.3, -0.25) is 0 Å². The molecule has 0 aromatic heterocycles. The molecule has 1 atom stereocenters. The summed E-state index contributed by atoms with van der Waals surface area (Å²) in [5.74, 6) is 0. The largest absolute Gasteiger partial charge is 0.0727 e. The van der Waals surface area contributed by atoms with Crippen molar-refractivity contribution in [1.82, 2.24) is 0 Å². The van der Waals surface area contributed by atoms with Gasteiger partial charge in [0, 0.05) is 0 Å². The zero-order chi connectivity index (χ0) is 10.1. The SMILES string of the molecule is Cc1ccccc1P(C)C(C)(C)C. The lowest BCUT2D eigenvalue weighted by Gasteiger charge is -2.29. The summed E-state index contributed by atoms with van der Waals surface area (Å²) in [6.07, 6.45) is 0. The van der Waals surface area contributed by atoms with Gasteiger partial charge in [-0.25, -0.2) is 0 Å². The molecule has 0 fully saturated rings. The molecule has 1 aromatic rings. The Bertz CT molecular complexity index is 283. The third kappa shape index (κ3) is 2.54. The van der Waals surface area contributed by atoms with Crippen LogP contribution in [0.1, 0.15) is 26.3 Å². The van der Waals surface area contributed by atoms with E-state index in [-0.39, 0.29) is 7.92 Å². The molecular formula is C12H19P. The Morgan fingerprint density at radius 1 is 1.08 bits per heavy atom. The highest BCUT2D eigenvalue weighted by Gasteiger charge is 2.21. The number of rotatable bonds is 1. The highest BCUT2D eigenvalue weighted by Crippen LogP contribution is 2.45. The van der Waals surface area contributed by atoms with Gasteiger partial charge in [-0.1, -0.05) is 53.0 Å². The fourth-order valence-electron chi connectivity index (χ4n) is 1.30. The Kier molecular flexibility index (Phi) is 3.14. The van der Waals surface area contributed by atoms with Crippen LogP contribution in [0, 0.1) is 6.92 Å². The molecule has 1 heteroatoms. The average Bonchev–Trinajstić information content (AvgIpc) is 2.02. The van der Waals surface area contributed by atoms with Crippen LogP contribution in [0.2, 0.25) is 0 Å². The zero-order valence-corrected chi connectivity index (χ0v) is 10.2. The van der Waals surface area contributed by atoms with Crippen molar-refractivity contribution in [3.05, 3.63) is 29.8 Å². The van der Waals surface area contributed by atoms with E-state index in [4.69, 9.17) is 0 Å². The molecule has 0 heterocycles. The van der Waals surface area contributed by atoms with Gasteiger partial charge >= 0.3 is 0 Å². The topological polar surface area (TPSA) is 0 Å². The van der Waals surface area contributed by atoms with E-state index in [0.29, 0.717) is 5.16 Å². The minimum atomic E-state index is -0.0376. The summed E-state index contributed by atoms with van der Waals surface area (Å²) in [5, 5.41) is 1.96. The number of hydrogen-bond donors (Lipinski definition) is 0. The molecular weight excluding hydrogens is 175 g/mol. The maximum Gasteiger partial charge on any atom is -0.0142 e. The van der Waals surface area contributed by atoms with E-state index < -0.39 is 0 Å². The lowest BCUT2D eigenvalue weighted by atomic mass is 10.2. The maximum absolute atomic E-state index is 2.37. The lowest BCUT2D eigenvalue weighted by molar-refractivity contribution is 0.791. The van der Waals surface area contributed by atoms with Gasteiger partial charge in [-0.15, -0.1) is 0 Å². The Morgan fingerprint density at radius 3 is 2.08 bits per heavy atom. The van der Waals surface area contributed by atoms with Crippen LogP contribution in [0.4, 0.5) is 0 Å². The molecule has 0 amide bonds. The number of hydrogen-bond acceptors (Lipinski definition) is 0. The fraction of sp³-hybridized carbons (Fsp3) is 0.500. The van der Waals surface area contributed by atoms with E-state index >= 15 is 0 Å². The van der Waals surface area contributed by atoms with Gasteiger partial charge in [0.05, 0.1) is 0 Å². The lowest BCUT2D eigenvalue weighted by Crippen LogP contribution is -2.19. The van der Waals surface area contributed by atoms with Crippen molar-refractivity contribution < 1.29 is 0 Å². The Morgan fingerprint density at radius 2 is 1.62 bits per heavy atom. The van der Waals surface area contributed by atoms with Crippen LogP contribution in [0.25, 0.3) is 0 Å². The van der Waals surface area contributed by atoms with Gasteiger partial charge in [-0.2, -0.15) is 0 Å². The van der Waals surface area contributed by atoms with Crippen LogP contribution < -0.4 is 5.30 Å². The van der Waals surface area contributed by atoms with Gasteiger partial charge in [-0.05, 0) is 29.6 Å². The monoisotopic (exact) mass is 194 g/mol. The third-order valence-corrected chi connectivity index (χ3v) is 5.72. The molecule has 0 nitrogen and oxygen atoms in total. The zero-order valence-electron chi connectivity index (χ0n) is 9.26. The van der Waals surface area contributed by atoms with Gasteiger partial charge in [0.15, 0.2) is 0 Å². The highest BCUT2D eigenvalue weighted by molar-refractivity contribution is 7.66. The van der Waals surface area contributed by atoms with Crippen molar-refractivity contribution in [2.24, 2.45) is 0 Å². The van der Waals surface area contributed by atoms with E-state index in [1.165, 1.54) is 5.56 Å². The molecule has 1 unspecified atom stereocenters. The van der Waals surface area contributed by atoms with E-state index in [1.807, 2.05) is 0 Å². The molecule has 1 rings (SSSR count). The summed E-state index contributed by atoms with van der Waals surface area (Å²) in [6.45, 7) is 11.6. The van der Waals surface area contributed by atoms with Crippen molar-refractivity contribution in [3.8, 4) is 0 Å². The standard InChI is InChI=1S/C12H19P/c1-10-8-6-7-9-11(10)13(5)12(2,3)4/h6-9H,1-5H3. The van der Waals surface area contributed by atoms with Crippen LogP contribution in [-0.4, -0.2) is 11.8 Å². The van der Waals surface area contributed by atoms with E-state index in [1.54, 1.807) is 5.30 Å². The van der Waals surface area contributed by atoms with Crippen LogP contribution in [0.3, 0.4) is 0 Å².